The SMILES string of the molecule is CCOC(=O)CCO[P+](=O)c1cc(Oc2ccc(OC(F)(F)F)cc2Cl)c(C)cc1[N+](=O)[O-]. The van der Waals surface area contributed by atoms with Crippen molar-refractivity contribution in [2.75, 3.05) is 13.2 Å². The van der Waals surface area contributed by atoms with Gasteiger partial charge in [-0.15, -0.1) is 17.7 Å². The molecule has 0 saturated heterocycles. The number of nitro groups is 1. The molecule has 0 aromatic heterocycles. The lowest BCUT2D eigenvalue weighted by Crippen LogP contribution is -2.17. The third-order valence-electron chi connectivity index (χ3n) is 3.84. The first-order valence-electron chi connectivity index (χ1n) is 9.19. The second kappa shape index (κ2) is 11.3. The summed E-state index contributed by atoms with van der Waals surface area (Å²) in [5.74, 6) is -1.23. The van der Waals surface area contributed by atoms with Gasteiger partial charge in [0.15, 0.2) is 0 Å². The highest BCUT2D eigenvalue weighted by Crippen LogP contribution is 2.38. The van der Waals surface area contributed by atoms with E-state index in [1.807, 2.05) is 0 Å². The molecule has 14 heteroatoms. The van der Waals surface area contributed by atoms with E-state index in [1.54, 1.807) is 6.92 Å². The van der Waals surface area contributed by atoms with Gasteiger partial charge in [0.2, 0.25) is 0 Å². The fourth-order valence-electron chi connectivity index (χ4n) is 2.46. The van der Waals surface area contributed by atoms with E-state index in [4.69, 9.17) is 25.6 Å². The lowest BCUT2D eigenvalue weighted by atomic mass is 10.2. The van der Waals surface area contributed by atoms with Crippen LogP contribution >= 0.6 is 19.6 Å². The molecule has 178 valence electrons. The van der Waals surface area contributed by atoms with Gasteiger partial charge in [-0.1, -0.05) is 11.6 Å². The molecule has 0 bridgehead atoms. The number of benzene rings is 2. The molecular weight excluding hydrogens is 494 g/mol. The highest BCUT2D eigenvalue weighted by atomic mass is 35.5. The number of halogens is 4. The zero-order valence-electron chi connectivity index (χ0n) is 17.2. The average molecular weight is 511 g/mol. The number of esters is 1. The van der Waals surface area contributed by atoms with Gasteiger partial charge in [0.25, 0.3) is 0 Å². The molecule has 2 aromatic rings. The van der Waals surface area contributed by atoms with E-state index in [1.165, 1.54) is 6.92 Å². The van der Waals surface area contributed by atoms with Crippen LogP contribution in [0.1, 0.15) is 18.9 Å². The van der Waals surface area contributed by atoms with Crippen molar-refractivity contribution >= 4 is 36.6 Å². The molecule has 0 heterocycles. The van der Waals surface area contributed by atoms with Crippen LogP contribution in [0.3, 0.4) is 0 Å². The third kappa shape index (κ3) is 7.85. The second-order valence-corrected chi connectivity index (χ2v) is 7.91. The van der Waals surface area contributed by atoms with E-state index in [-0.39, 0.29) is 47.0 Å². The molecule has 0 aliphatic heterocycles. The Balaban J connectivity index is 2.27. The molecule has 0 N–H and O–H groups in total. The predicted molar refractivity (Wildman–Crippen MR) is 110 cm³/mol. The van der Waals surface area contributed by atoms with Crippen molar-refractivity contribution in [3.8, 4) is 17.2 Å². The second-order valence-electron chi connectivity index (χ2n) is 6.25. The van der Waals surface area contributed by atoms with Crippen molar-refractivity contribution in [1.82, 2.24) is 0 Å². The zero-order chi connectivity index (χ0) is 24.8. The Morgan fingerprint density at radius 2 is 1.91 bits per heavy atom. The van der Waals surface area contributed by atoms with Crippen LogP contribution in [0, 0.1) is 17.0 Å². The summed E-state index contributed by atoms with van der Waals surface area (Å²) < 4.78 is 68.7. The monoisotopic (exact) mass is 510 g/mol. The van der Waals surface area contributed by atoms with E-state index in [0.717, 1.165) is 30.3 Å². The summed E-state index contributed by atoms with van der Waals surface area (Å²) in [4.78, 5) is 22.0. The van der Waals surface area contributed by atoms with E-state index in [0.29, 0.717) is 0 Å². The average Bonchev–Trinajstić information content (AvgIpc) is 2.69. The van der Waals surface area contributed by atoms with Gasteiger partial charge in [-0.2, -0.15) is 0 Å². The van der Waals surface area contributed by atoms with E-state index < -0.39 is 36.7 Å². The molecule has 2 rings (SSSR count). The van der Waals surface area contributed by atoms with Gasteiger partial charge < -0.3 is 14.2 Å². The summed E-state index contributed by atoms with van der Waals surface area (Å²) in [5, 5.41) is 10.9. The summed E-state index contributed by atoms with van der Waals surface area (Å²) >= 11 is 5.96. The van der Waals surface area contributed by atoms with Crippen LogP contribution in [0.25, 0.3) is 0 Å². The van der Waals surface area contributed by atoms with Gasteiger partial charge in [0, 0.05) is 18.2 Å². The molecular formula is C19H17ClF3NO8P+. The van der Waals surface area contributed by atoms with Gasteiger partial charge in [-0.05, 0) is 36.1 Å². The Morgan fingerprint density at radius 3 is 2.48 bits per heavy atom. The Hall–Kier alpha value is -2.95. The number of nitrogens with zero attached hydrogens (tertiary/aromatic N) is 1. The molecule has 0 saturated carbocycles. The summed E-state index contributed by atoms with van der Waals surface area (Å²) in [7, 11) is -2.76. The van der Waals surface area contributed by atoms with Crippen LogP contribution in [0.2, 0.25) is 5.02 Å². The van der Waals surface area contributed by atoms with Gasteiger partial charge in [0.1, 0.15) is 23.9 Å². The van der Waals surface area contributed by atoms with Crippen LogP contribution in [0.15, 0.2) is 30.3 Å². The fraction of sp³-hybridized carbons (Fsp3) is 0.316. The van der Waals surface area contributed by atoms with Gasteiger partial charge >= 0.3 is 31.4 Å². The van der Waals surface area contributed by atoms with E-state index >= 15 is 0 Å². The number of rotatable bonds is 10. The Morgan fingerprint density at radius 1 is 1.21 bits per heavy atom. The van der Waals surface area contributed by atoms with Crippen molar-refractivity contribution in [3.63, 3.8) is 0 Å². The number of nitro benzene ring substituents is 1. The van der Waals surface area contributed by atoms with Crippen LogP contribution in [0.5, 0.6) is 17.2 Å². The van der Waals surface area contributed by atoms with Crippen molar-refractivity contribution in [2.45, 2.75) is 26.6 Å². The zero-order valence-corrected chi connectivity index (χ0v) is 18.8. The standard InChI is InChI=1S/C19H17ClF3NO8P/c1-3-29-18(25)6-7-30-33(28)17-10-16(11(2)8-14(17)24(26)27)31-15-5-4-12(9-13(15)20)32-19(21,22)23/h4-5,8-10H,3,6-7H2,1-2H3/q+1. The van der Waals surface area contributed by atoms with Crippen LogP contribution in [-0.4, -0.2) is 30.5 Å². The summed E-state index contributed by atoms with van der Waals surface area (Å²) in [5.41, 5.74) is -0.246. The number of alkyl halides is 3. The van der Waals surface area contributed by atoms with Crippen LogP contribution in [-0.2, 0) is 18.6 Å². The van der Waals surface area contributed by atoms with Crippen molar-refractivity contribution < 1.29 is 46.2 Å². The minimum Gasteiger partial charge on any atom is -0.466 e. The lowest BCUT2D eigenvalue weighted by Gasteiger charge is -2.12. The van der Waals surface area contributed by atoms with Crippen LogP contribution < -0.4 is 14.8 Å². The number of carbonyl (C=O) groups is 1. The lowest BCUT2D eigenvalue weighted by molar-refractivity contribution is -0.383. The molecule has 1 atom stereocenters. The molecule has 2 aromatic carbocycles. The molecule has 0 fully saturated rings. The smallest absolute Gasteiger partial charge is 0.466 e. The first-order chi connectivity index (χ1) is 15.4. The van der Waals surface area contributed by atoms with Gasteiger partial charge in [0.05, 0.1) is 23.0 Å². The first-order valence-corrected chi connectivity index (χ1v) is 10.7. The molecule has 0 aliphatic carbocycles. The molecule has 9 nitrogen and oxygen atoms in total. The van der Waals surface area contributed by atoms with Gasteiger partial charge in [-0.25, -0.2) is 0 Å². The highest BCUT2D eigenvalue weighted by Gasteiger charge is 2.35. The quantitative estimate of drug-likeness (QED) is 0.176. The summed E-state index contributed by atoms with van der Waals surface area (Å²) in [6.45, 7) is 2.93. The molecule has 0 aliphatic rings. The number of hydrogen-bond acceptors (Lipinski definition) is 8. The third-order valence-corrected chi connectivity index (χ3v) is 5.31. The maximum atomic E-state index is 12.5. The molecule has 0 amide bonds. The van der Waals surface area contributed by atoms with Crippen molar-refractivity contribution in [3.05, 3.63) is 51.0 Å². The number of carbonyl (C=O) groups excluding carboxylic acids is 1. The van der Waals surface area contributed by atoms with Crippen LogP contribution in [0.4, 0.5) is 18.9 Å². The van der Waals surface area contributed by atoms with Crippen molar-refractivity contribution in [2.24, 2.45) is 0 Å². The maximum Gasteiger partial charge on any atom is 0.573 e. The largest absolute Gasteiger partial charge is 0.573 e. The van der Waals surface area contributed by atoms with E-state index in [2.05, 4.69) is 4.74 Å². The number of ether oxygens (including phenoxy) is 3. The normalized spacial score (nSPS) is 11.6. The topological polar surface area (TPSA) is 114 Å². The Kier molecular flexibility index (Phi) is 8.98. The minimum atomic E-state index is -4.91. The Labute approximate surface area is 191 Å². The van der Waals surface area contributed by atoms with E-state index in [9.17, 15) is 32.6 Å². The molecule has 0 radical (unpaired) electrons. The Bertz CT molecular complexity index is 1060. The number of hydrogen-bond donors (Lipinski definition) is 0. The predicted octanol–water partition coefficient (Wildman–Crippen LogP) is 5.59. The molecule has 33 heavy (non-hydrogen) atoms. The summed E-state index contributed by atoms with van der Waals surface area (Å²) in [6, 6.07) is 5.16. The summed E-state index contributed by atoms with van der Waals surface area (Å²) in [6.07, 6.45) is -5.12. The molecule has 1 unspecified atom stereocenters. The minimum absolute atomic E-state index is 0.000618. The molecule has 0 spiro atoms. The maximum absolute atomic E-state index is 12.5. The first kappa shape index (κ1) is 26.3. The fourth-order valence-corrected chi connectivity index (χ4v) is 3.62. The van der Waals surface area contributed by atoms with Crippen molar-refractivity contribution in [1.29, 1.82) is 0 Å². The highest BCUT2D eigenvalue weighted by molar-refractivity contribution is 7.48. The van der Waals surface area contributed by atoms with Gasteiger partial charge in [-0.3, -0.25) is 14.9 Å². The number of aryl methyl sites for hydroxylation is 1.